The van der Waals surface area contributed by atoms with E-state index in [0.717, 1.165) is 12.1 Å². The van der Waals surface area contributed by atoms with E-state index in [4.69, 9.17) is 0 Å². The van der Waals surface area contributed by atoms with Crippen molar-refractivity contribution in [1.29, 1.82) is 0 Å². The fraction of sp³-hybridized carbons (Fsp3) is 0.500. The molecule has 0 amide bonds. The fourth-order valence-corrected chi connectivity index (χ4v) is 1.02. The van der Waals surface area contributed by atoms with Crippen molar-refractivity contribution >= 4 is 0 Å². The Hall–Kier alpha value is -1.28. The molecule has 17 heavy (non-hydrogen) atoms. The molecule has 0 spiro atoms. The van der Waals surface area contributed by atoms with Crippen molar-refractivity contribution in [3.05, 3.63) is 24.5 Å². The molecule has 0 bridgehead atoms. The van der Waals surface area contributed by atoms with Gasteiger partial charge in [0.25, 0.3) is 0 Å². The van der Waals surface area contributed by atoms with Gasteiger partial charge in [-0.3, -0.25) is 4.57 Å². The Morgan fingerprint density at radius 1 is 0.824 bits per heavy atom. The first-order valence-corrected chi connectivity index (χ1v) is 4.10. The number of hydrogen-bond donors (Lipinski definition) is 0. The van der Waals surface area contributed by atoms with Crippen molar-refractivity contribution in [2.45, 2.75) is 24.3 Å². The molecule has 98 valence electrons. The first-order valence-electron chi connectivity index (χ1n) is 4.10. The van der Waals surface area contributed by atoms with E-state index in [1.807, 2.05) is 0 Å². The van der Waals surface area contributed by atoms with E-state index in [-0.39, 0.29) is 0 Å². The van der Waals surface area contributed by atoms with Crippen LogP contribution >= 0.6 is 0 Å². The summed E-state index contributed by atoms with van der Waals surface area (Å²) in [6.07, 6.45) is -4.16. The molecule has 1 heterocycles. The van der Waals surface area contributed by atoms with Crippen LogP contribution in [0.2, 0.25) is 0 Å². The zero-order chi connectivity index (χ0) is 13.5. The van der Waals surface area contributed by atoms with E-state index in [1.54, 1.807) is 0 Å². The Kier molecular flexibility index (Phi) is 3.15. The maximum absolute atomic E-state index is 13.0. The van der Waals surface area contributed by atoms with E-state index >= 15 is 0 Å². The van der Waals surface area contributed by atoms with Crippen LogP contribution in [-0.4, -0.2) is 22.8 Å². The lowest BCUT2D eigenvalue weighted by atomic mass is 10.1. The van der Waals surface area contributed by atoms with Crippen LogP contribution in [0.4, 0.5) is 35.1 Å². The molecule has 1 aromatic rings. The summed E-state index contributed by atoms with van der Waals surface area (Å²) >= 11 is 0. The monoisotopic (exact) mass is 267 g/mol. The van der Waals surface area contributed by atoms with Crippen LogP contribution in [0.3, 0.4) is 0 Å². The molecular formula is C8H5F8N. The van der Waals surface area contributed by atoms with Gasteiger partial charge in [0.05, 0.1) is 0 Å². The Balaban J connectivity index is 3.22. The van der Waals surface area contributed by atoms with E-state index in [0.29, 0.717) is 12.4 Å². The predicted octanol–water partition coefficient (Wildman–Crippen LogP) is 3.57. The van der Waals surface area contributed by atoms with Gasteiger partial charge in [0.2, 0.25) is 0 Å². The average Bonchev–Trinajstić information content (AvgIpc) is 2.69. The third-order valence-corrected chi connectivity index (χ3v) is 2.00. The summed E-state index contributed by atoms with van der Waals surface area (Å²) in [5.41, 5.74) is 0. The topological polar surface area (TPSA) is 4.93 Å². The van der Waals surface area contributed by atoms with Crippen LogP contribution in [0.25, 0.3) is 0 Å². The van der Waals surface area contributed by atoms with Gasteiger partial charge in [0, 0.05) is 12.4 Å². The van der Waals surface area contributed by atoms with Crippen molar-refractivity contribution in [2.24, 2.45) is 0 Å². The second kappa shape index (κ2) is 3.88. The van der Waals surface area contributed by atoms with Gasteiger partial charge in [-0.1, -0.05) is 0 Å². The maximum Gasteiger partial charge on any atom is 0.398 e. The normalized spacial score (nSPS) is 14.4. The van der Waals surface area contributed by atoms with Crippen molar-refractivity contribution in [3.63, 3.8) is 0 Å². The molecular weight excluding hydrogens is 262 g/mol. The molecule has 0 unspecified atom stereocenters. The number of aromatic nitrogens is 1. The van der Waals surface area contributed by atoms with E-state index in [9.17, 15) is 35.1 Å². The second-order valence-corrected chi connectivity index (χ2v) is 3.13. The molecule has 1 aromatic heterocycles. The Morgan fingerprint density at radius 3 is 1.59 bits per heavy atom. The first kappa shape index (κ1) is 13.8. The van der Waals surface area contributed by atoms with Crippen LogP contribution in [-0.2, 0) is 6.05 Å². The second-order valence-electron chi connectivity index (χ2n) is 3.13. The number of alkyl halides is 8. The fourth-order valence-electron chi connectivity index (χ4n) is 1.02. The summed E-state index contributed by atoms with van der Waals surface area (Å²) in [6.45, 7) is 0. The zero-order valence-corrected chi connectivity index (χ0v) is 7.86. The van der Waals surface area contributed by atoms with E-state index < -0.39 is 28.9 Å². The number of nitrogens with zero attached hydrogens (tertiary/aromatic N) is 1. The van der Waals surface area contributed by atoms with Crippen LogP contribution in [0, 0.1) is 0 Å². The molecule has 0 aliphatic carbocycles. The van der Waals surface area contributed by atoms with Crippen molar-refractivity contribution in [1.82, 2.24) is 4.57 Å². The molecule has 0 aliphatic heterocycles. The molecule has 0 saturated carbocycles. The molecule has 1 nitrogen and oxygen atoms in total. The van der Waals surface area contributed by atoms with Crippen LogP contribution in [0.5, 0.6) is 0 Å². The standard InChI is InChI=1S/C8H5F8N/c9-5(10)6(11,12)7(13,14)8(15,16)17-3-1-2-4-17/h1-5H. The summed E-state index contributed by atoms with van der Waals surface area (Å²) < 4.78 is 99.3. The lowest BCUT2D eigenvalue weighted by Gasteiger charge is -2.32. The highest BCUT2D eigenvalue weighted by Gasteiger charge is 2.76. The summed E-state index contributed by atoms with van der Waals surface area (Å²) in [4.78, 5) is 0. The number of hydrogen-bond acceptors (Lipinski definition) is 0. The van der Waals surface area contributed by atoms with Gasteiger partial charge in [-0.2, -0.15) is 26.3 Å². The quantitative estimate of drug-likeness (QED) is 0.735. The molecule has 0 N–H and O–H groups in total. The third kappa shape index (κ3) is 1.87. The molecule has 0 fully saturated rings. The zero-order valence-electron chi connectivity index (χ0n) is 7.86. The molecule has 0 saturated heterocycles. The Morgan fingerprint density at radius 2 is 1.24 bits per heavy atom. The molecule has 0 aromatic carbocycles. The highest BCUT2D eigenvalue weighted by atomic mass is 19.4. The highest BCUT2D eigenvalue weighted by Crippen LogP contribution is 2.50. The maximum atomic E-state index is 13.0. The minimum Gasteiger partial charge on any atom is -0.290 e. The van der Waals surface area contributed by atoms with Gasteiger partial charge in [-0.05, 0) is 12.1 Å². The van der Waals surface area contributed by atoms with Crippen LogP contribution in [0.1, 0.15) is 0 Å². The number of halogens is 8. The summed E-state index contributed by atoms with van der Waals surface area (Å²) in [7, 11) is 0. The Bertz CT molecular complexity index is 369. The largest absolute Gasteiger partial charge is 0.398 e. The van der Waals surface area contributed by atoms with Gasteiger partial charge < -0.3 is 0 Å². The van der Waals surface area contributed by atoms with E-state index in [1.165, 1.54) is 0 Å². The van der Waals surface area contributed by atoms with Gasteiger partial charge >= 0.3 is 24.3 Å². The van der Waals surface area contributed by atoms with Crippen molar-refractivity contribution < 1.29 is 35.1 Å². The molecule has 0 atom stereocenters. The highest BCUT2D eigenvalue weighted by molar-refractivity contribution is 5.01. The molecule has 1 rings (SSSR count). The van der Waals surface area contributed by atoms with Gasteiger partial charge in [0.15, 0.2) is 0 Å². The number of rotatable bonds is 4. The lowest BCUT2D eigenvalue weighted by Crippen LogP contribution is -2.58. The molecule has 9 heteroatoms. The summed E-state index contributed by atoms with van der Waals surface area (Å²) in [6, 6.07) is -3.73. The van der Waals surface area contributed by atoms with Gasteiger partial charge in [0.1, 0.15) is 0 Å². The molecule has 0 aliphatic rings. The lowest BCUT2D eigenvalue weighted by molar-refractivity contribution is -0.365. The van der Waals surface area contributed by atoms with Gasteiger partial charge in [-0.15, -0.1) is 0 Å². The third-order valence-electron chi connectivity index (χ3n) is 2.00. The van der Waals surface area contributed by atoms with Crippen LogP contribution in [0.15, 0.2) is 24.5 Å². The minimum atomic E-state index is -6.22. The van der Waals surface area contributed by atoms with E-state index in [2.05, 4.69) is 0 Å². The summed E-state index contributed by atoms with van der Waals surface area (Å²) in [5, 5.41) is 0. The van der Waals surface area contributed by atoms with Crippen molar-refractivity contribution in [3.8, 4) is 0 Å². The Labute approximate surface area is 89.6 Å². The van der Waals surface area contributed by atoms with Gasteiger partial charge in [-0.25, -0.2) is 8.78 Å². The summed E-state index contributed by atoms with van der Waals surface area (Å²) in [5.74, 6) is -12.4. The van der Waals surface area contributed by atoms with Crippen LogP contribution < -0.4 is 0 Å². The van der Waals surface area contributed by atoms with Crippen molar-refractivity contribution in [2.75, 3.05) is 0 Å². The molecule has 0 radical (unpaired) electrons. The SMILES string of the molecule is FC(F)C(F)(F)C(F)(F)C(F)(F)n1cccc1. The predicted molar refractivity (Wildman–Crippen MR) is 40.5 cm³/mol. The average molecular weight is 267 g/mol. The first-order chi connectivity index (χ1) is 7.55. The minimum absolute atomic E-state index is 0.370. The smallest absolute Gasteiger partial charge is 0.290 e.